The summed E-state index contributed by atoms with van der Waals surface area (Å²) >= 11 is 0. The number of aromatic nitrogens is 4. The summed E-state index contributed by atoms with van der Waals surface area (Å²) in [5.74, 6) is 2.37. The largest absolute Gasteiger partial charge is 0.481 e. The SMILES string of the molecule is CC(CC(=O)O)Cn1nnnc1C1C2CCCC21. The monoisotopic (exact) mass is 250 g/mol. The minimum atomic E-state index is -0.764. The molecule has 6 heteroatoms. The lowest BCUT2D eigenvalue weighted by atomic mass is 10.1. The van der Waals surface area contributed by atoms with Gasteiger partial charge in [0.25, 0.3) is 0 Å². The second-order valence-electron chi connectivity index (χ2n) is 5.71. The van der Waals surface area contributed by atoms with Gasteiger partial charge in [-0.3, -0.25) is 4.79 Å². The molecule has 3 rings (SSSR count). The van der Waals surface area contributed by atoms with Gasteiger partial charge in [-0.15, -0.1) is 5.10 Å². The van der Waals surface area contributed by atoms with Crippen molar-refractivity contribution in [2.24, 2.45) is 17.8 Å². The van der Waals surface area contributed by atoms with E-state index in [9.17, 15) is 4.79 Å². The van der Waals surface area contributed by atoms with Gasteiger partial charge in [0.15, 0.2) is 5.82 Å². The maximum atomic E-state index is 10.7. The van der Waals surface area contributed by atoms with Crippen molar-refractivity contribution in [3.63, 3.8) is 0 Å². The van der Waals surface area contributed by atoms with Gasteiger partial charge in [0.2, 0.25) is 0 Å². The molecule has 0 spiro atoms. The van der Waals surface area contributed by atoms with Crippen molar-refractivity contribution in [3.8, 4) is 0 Å². The number of nitrogens with zero attached hydrogens (tertiary/aromatic N) is 4. The van der Waals surface area contributed by atoms with Crippen LogP contribution in [0.1, 0.15) is 44.3 Å². The van der Waals surface area contributed by atoms with Crippen molar-refractivity contribution in [2.75, 3.05) is 0 Å². The minimum Gasteiger partial charge on any atom is -0.481 e. The molecule has 1 aromatic heterocycles. The van der Waals surface area contributed by atoms with Crippen LogP contribution in [0.5, 0.6) is 0 Å². The fourth-order valence-corrected chi connectivity index (χ4v) is 3.44. The van der Waals surface area contributed by atoms with Gasteiger partial charge in [-0.05, 0) is 41.0 Å². The molecule has 2 fully saturated rings. The lowest BCUT2D eigenvalue weighted by Gasteiger charge is -2.10. The lowest BCUT2D eigenvalue weighted by Crippen LogP contribution is -2.15. The highest BCUT2D eigenvalue weighted by Gasteiger charge is 2.55. The van der Waals surface area contributed by atoms with Crippen LogP contribution in [0.3, 0.4) is 0 Å². The van der Waals surface area contributed by atoms with E-state index < -0.39 is 5.97 Å². The molecule has 1 heterocycles. The smallest absolute Gasteiger partial charge is 0.303 e. The van der Waals surface area contributed by atoms with Gasteiger partial charge in [0, 0.05) is 18.9 Å². The maximum Gasteiger partial charge on any atom is 0.303 e. The molecule has 0 aliphatic heterocycles. The van der Waals surface area contributed by atoms with E-state index in [-0.39, 0.29) is 12.3 Å². The van der Waals surface area contributed by atoms with Crippen molar-refractivity contribution < 1.29 is 9.90 Å². The Morgan fingerprint density at radius 1 is 1.50 bits per heavy atom. The number of carbonyl (C=O) groups is 1. The number of rotatable bonds is 5. The summed E-state index contributed by atoms with van der Waals surface area (Å²) in [6.07, 6.45) is 4.10. The first-order valence-corrected chi connectivity index (χ1v) is 6.64. The number of hydrogen-bond acceptors (Lipinski definition) is 4. The summed E-state index contributed by atoms with van der Waals surface area (Å²) in [6, 6.07) is 0. The van der Waals surface area contributed by atoms with Crippen LogP contribution in [-0.2, 0) is 11.3 Å². The Morgan fingerprint density at radius 3 is 2.89 bits per heavy atom. The van der Waals surface area contributed by atoms with E-state index in [1.54, 1.807) is 0 Å². The topological polar surface area (TPSA) is 80.9 Å². The Kier molecular flexibility index (Phi) is 2.80. The van der Waals surface area contributed by atoms with Crippen molar-refractivity contribution >= 4 is 5.97 Å². The molecular weight excluding hydrogens is 232 g/mol. The molecule has 0 saturated heterocycles. The van der Waals surface area contributed by atoms with Gasteiger partial charge in [-0.2, -0.15) is 0 Å². The average molecular weight is 250 g/mol. The Bertz CT molecular complexity index is 449. The average Bonchev–Trinajstić information content (AvgIpc) is 2.70. The Labute approximate surface area is 105 Å². The summed E-state index contributed by atoms with van der Waals surface area (Å²) in [7, 11) is 0. The second kappa shape index (κ2) is 4.33. The van der Waals surface area contributed by atoms with Gasteiger partial charge in [-0.25, -0.2) is 4.68 Å². The zero-order valence-corrected chi connectivity index (χ0v) is 10.5. The normalized spacial score (nSPS) is 31.1. The lowest BCUT2D eigenvalue weighted by molar-refractivity contribution is -0.138. The number of tetrazole rings is 1. The van der Waals surface area contributed by atoms with Crippen LogP contribution in [0.2, 0.25) is 0 Å². The van der Waals surface area contributed by atoms with Gasteiger partial charge >= 0.3 is 5.97 Å². The molecule has 3 atom stereocenters. The van der Waals surface area contributed by atoms with Crippen LogP contribution >= 0.6 is 0 Å². The summed E-state index contributed by atoms with van der Waals surface area (Å²) < 4.78 is 1.82. The zero-order valence-electron chi connectivity index (χ0n) is 10.5. The molecule has 1 aromatic rings. The molecule has 0 amide bonds. The van der Waals surface area contributed by atoms with Crippen LogP contribution in [0.4, 0.5) is 0 Å². The van der Waals surface area contributed by atoms with Gasteiger partial charge in [-0.1, -0.05) is 13.3 Å². The first kappa shape index (κ1) is 11.6. The predicted octanol–water partition coefficient (Wildman–Crippen LogP) is 1.30. The van der Waals surface area contributed by atoms with E-state index in [1.807, 2.05) is 11.6 Å². The molecule has 6 nitrogen and oxygen atoms in total. The fraction of sp³-hybridized carbons (Fsp3) is 0.833. The molecule has 2 aliphatic rings. The zero-order chi connectivity index (χ0) is 12.7. The second-order valence-corrected chi connectivity index (χ2v) is 5.71. The van der Waals surface area contributed by atoms with Gasteiger partial charge < -0.3 is 5.11 Å². The van der Waals surface area contributed by atoms with E-state index in [2.05, 4.69) is 15.5 Å². The quantitative estimate of drug-likeness (QED) is 0.851. The molecule has 0 radical (unpaired) electrons. The summed E-state index contributed by atoms with van der Waals surface area (Å²) in [5.41, 5.74) is 0. The third-order valence-electron chi connectivity index (χ3n) is 4.27. The Balaban J connectivity index is 1.67. The Hall–Kier alpha value is -1.46. The number of aliphatic carboxylic acids is 1. The third kappa shape index (κ3) is 2.00. The predicted molar refractivity (Wildman–Crippen MR) is 62.8 cm³/mol. The number of fused-ring (bicyclic) bond motifs is 1. The highest BCUT2D eigenvalue weighted by atomic mass is 16.4. The van der Waals surface area contributed by atoms with Crippen molar-refractivity contribution in [2.45, 2.75) is 45.1 Å². The third-order valence-corrected chi connectivity index (χ3v) is 4.27. The number of carboxylic acids is 1. The summed E-state index contributed by atoms with van der Waals surface area (Å²) in [6.45, 7) is 2.53. The van der Waals surface area contributed by atoms with Crippen LogP contribution in [0, 0.1) is 17.8 Å². The molecule has 18 heavy (non-hydrogen) atoms. The van der Waals surface area contributed by atoms with Crippen LogP contribution in [-0.4, -0.2) is 31.3 Å². The van der Waals surface area contributed by atoms with Crippen LogP contribution < -0.4 is 0 Å². The highest BCUT2D eigenvalue weighted by molar-refractivity contribution is 5.66. The molecule has 3 unspecified atom stereocenters. The highest BCUT2D eigenvalue weighted by Crippen LogP contribution is 2.62. The Morgan fingerprint density at radius 2 is 2.22 bits per heavy atom. The van der Waals surface area contributed by atoms with E-state index in [0.29, 0.717) is 12.5 Å². The first-order valence-electron chi connectivity index (χ1n) is 6.64. The molecular formula is C12H18N4O2. The van der Waals surface area contributed by atoms with E-state index in [0.717, 1.165) is 17.7 Å². The summed E-state index contributed by atoms with van der Waals surface area (Å²) in [4.78, 5) is 10.7. The van der Waals surface area contributed by atoms with Crippen LogP contribution in [0.25, 0.3) is 0 Å². The van der Waals surface area contributed by atoms with Crippen molar-refractivity contribution in [1.82, 2.24) is 20.2 Å². The first-order chi connectivity index (χ1) is 8.66. The number of carboxylic acid groups (broad SMARTS) is 1. The number of hydrogen-bond donors (Lipinski definition) is 1. The van der Waals surface area contributed by atoms with Crippen molar-refractivity contribution in [1.29, 1.82) is 0 Å². The van der Waals surface area contributed by atoms with Gasteiger partial charge in [0.1, 0.15) is 0 Å². The van der Waals surface area contributed by atoms with E-state index in [4.69, 9.17) is 5.11 Å². The molecule has 1 N–H and O–H groups in total. The van der Waals surface area contributed by atoms with E-state index in [1.165, 1.54) is 19.3 Å². The molecule has 98 valence electrons. The summed E-state index contributed by atoms with van der Waals surface area (Å²) in [5, 5.41) is 20.7. The minimum absolute atomic E-state index is 0.0586. The standard InChI is InChI=1S/C12H18N4O2/c1-7(5-10(17)18)6-16-12(13-14-15-16)11-8-3-2-4-9(8)11/h7-9,11H,2-6H2,1H3,(H,17,18). The van der Waals surface area contributed by atoms with Gasteiger partial charge in [0.05, 0.1) is 0 Å². The van der Waals surface area contributed by atoms with Crippen molar-refractivity contribution in [3.05, 3.63) is 5.82 Å². The molecule has 0 aromatic carbocycles. The molecule has 2 saturated carbocycles. The molecule has 0 bridgehead atoms. The van der Waals surface area contributed by atoms with E-state index >= 15 is 0 Å². The molecule has 2 aliphatic carbocycles. The van der Waals surface area contributed by atoms with Crippen LogP contribution in [0.15, 0.2) is 0 Å². The maximum absolute atomic E-state index is 10.7. The fourth-order valence-electron chi connectivity index (χ4n) is 3.44.